The number of nitrogens with two attached hydrogens (primary N) is 1. The van der Waals surface area contributed by atoms with Gasteiger partial charge in [-0.15, -0.1) is 12.4 Å². The van der Waals surface area contributed by atoms with Crippen molar-refractivity contribution in [1.29, 1.82) is 0 Å². The van der Waals surface area contributed by atoms with Crippen LogP contribution in [0.3, 0.4) is 0 Å². The predicted molar refractivity (Wildman–Crippen MR) is 60.9 cm³/mol. The first-order valence-corrected chi connectivity index (χ1v) is 4.61. The molecule has 1 rings (SSSR count). The zero-order valence-electron chi connectivity index (χ0n) is 7.26. The van der Waals surface area contributed by atoms with E-state index in [9.17, 15) is 0 Å². The Bertz CT molecular complexity index is 276. The van der Waals surface area contributed by atoms with E-state index in [2.05, 4.69) is 0 Å². The van der Waals surface area contributed by atoms with Crippen LogP contribution in [0.25, 0.3) is 0 Å². The number of hydrogen-bond donors (Lipinski definition) is 1. The molecule has 0 radical (unpaired) electrons. The van der Waals surface area contributed by atoms with Gasteiger partial charge in [-0.3, -0.25) is 0 Å². The molecule has 0 fully saturated rings. The number of halogens is 3. The van der Waals surface area contributed by atoms with Gasteiger partial charge in [-0.05, 0) is 24.1 Å². The van der Waals surface area contributed by atoms with E-state index < -0.39 is 0 Å². The van der Waals surface area contributed by atoms with Crippen LogP contribution in [0.4, 0.5) is 0 Å². The van der Waals surface area contributed by atoms with Crippen LogP contribution in [0.1, 0.15) is 24.9 Å². The Morgan fingerprint density at radius 2 is 1.92 bits per heavy atom. The van der Waals surface area contributed by atoms with Crippen molar-refractivity contribution >= 4 is 35.6 Å². The van der Waals surface area contributed by atoms with E-state index in [0.717, 1.165) is 12.0 Å². The average Bonchev–Trinajstić information content (AvgIpc) is 2.08. The SMILES string of the molecule is CCC(N)c1ccc(Cl)c(Cl)c1.Cl. The van der Waals surface area contributed by atoms with Gasteiger partial charge < -0.3 is 5.73 Å². The summed E-state index contributed by atoms with van der Waals surface area (Å²) in [6.45, 7) is 2.03. The van der Waals surface area contributed by atoms with E-state index in [0.29, 0.717) is 10.0 Å². The standard InChI is InChI=1S/C9H11Cl2N.ClH/c1-2-9(12)6-3-4-7(10)8(11)5-6;/h3-5,9H,2,12H2,1H3;1H. The summed E-state index contributed by atoms with van der Waals surface area (Å²) in [5.74, 6) is 0. The largest absolute Gasteiger partial charge is 0.324 e. The number of benzene rings is 1. The van der Waals surface area contributed by atoms with Gasteiger partial charge in [-0.1, -0.05) is 36.2 Å². The van der Waals surface area contributed by atoms with E-state index in [1.807, 2.05) is 19.1 Å². The van der Waals surface area contributed by atoms with Crippen molar-refractivity contribution in [3.63, 3.8) is 0 Å². The van der Waals surface area contributed by atoms with Crippen molar-refractivity contribution in [1.82, 2.24) is 0 Å². The normalized spacial score (nSPS) is 12.0. The molecule has 0 heterocycles. The van der Waals surface area contributed by atoms with Crippen molar-refractivity contribution in [3.05, 3.63) is 33.8 Å². The Hall–Kier alpha value is 0.0500. The molecule has 0 spiro atoms. The van der Waals surface area contributed by atoms with Crippen molar-refractivity contribution < 1.29 is 0 Å². The lowest BCUT2D eigenvalue weighted by atomic mass is 10.1. The summed E-state index contributed by atoms with van der Waals surface area (Å²) < 4.78 is 0. The highest BCUT2D eigenvalue weighted by molar-refractivity contribution is 6.42. The van der Waals surface area contributed by atoms with Gasteiger partial charge in [0.05, 0.1) is 10.0 Å². The Kier molecular flexibility index (Phi) is 5.73. The summed E-state index contributed by atoms with van der Waals surface area (Å²) in [4.78, 5) is 0. The van der Waals surface area contributed by atoms with Gasteiger partial charge in [0.25, 0.3) is 0 Å². The van der Waals surface area contributed by atoms with E-state index in [4.69, 9.17) is 28.9 Å². The van der Waals surface area contributed by atoms with Gasteiger partial charge >= 0.3 is 0 Å². The monoisotopic (exact) mass is 239 g/mol. The maximum Gasteiger partial charge on any atom is 0.0595 e. The zero-order valence-corrected chi connectivity index (χ0v) is 9.59. The first kappa shape index (κ1) is 13.1. The summed E-state index contributed by atoms with van der Waals surface area (Å²) in [7, 11) is 0. The lowest BCUT2D eigenvalue weighted by Crippen LogP contribution is -2.08. The van der Waals surface area contributed by atoms with Gasteiger partial charge in [0.2, 0.25) is 0 Å². The average molecular weight is 241 g/mol. The van der Waals surface area contributed by atoms with E-state index in [1.54, 1.807) is 6.07 Å². The third-order valence-electron chi connectivity index (χ3n) is 1.81. The minimum atomic E-state index is 0. The fourth-order valence-corrected chi connectivity index (χ4v) is 1.29. The minimum Gasteiger partial charge on any atom is -0.324 e. The second-order valence-electron chi connectivity index (χ2n) is 2.69. The summed E-state index contributed by atoms with van der Waals surface area (Å²) in [5, 5.41) is 1.14. The van der Waals surface area contributed by atoms with E-state index in [1.165, 1.54) is 0 Å². The molecule has 74 valence electrons. The van der Waals surface area contributed by atoms with Crippen LogP contribution in [0.15, 0.2) is 18.2 Å². The van der Waals surface area contributed by atoms with E-state index in [-0.39, 0.29) is 18.4 Å². The molecule has 0 amide bonds. The van der Waals surface area contributed by atoms with Crippen molar-refractivity contribution in [2.24, 2.45) is 5.73 Å². The van der Waals surface area contributed by atoms with Crippen LogP contribution < -0.4 is 5.73 Å². The molecule has 2 N–H and O–H groups in total. The van der Waals surface area contributed by atoms with Crippen LogP contribution in [0, 0.1) is 0 Å². The lowest BCUT2D eigenvalue weighted by Gasteiger charge is -2.09. The number of hydrogen-bond acceptors (Lipinski definition) is 1. The molecule has 1 unspecified atom stereocenters. The Morgan fingerprint density at radius 3 is 2.38 bits per heavy atom. The fourth-order valence-electron chi connectivity index (χ4n) is 0.979. The molecule has 13 heavy (non-hydrogen) atoms. The highest BCUT2D eigenvalue weighted by atomic mass is 35.5. The van der Waals surface area contributed by atoms with Crippen LogP contribution in [-0.2, 0) is 0 Å². The molecule has 1 nitrogen and oxygen atoms in total. The van der Waals surface area contributed by atoms with Gasteiger partial charge in [-0.25, -0.2) is 0 Å². The smallest absolute Gasteiger partial charge is 0.0595 e. The number of rotatable bonds is 2. The van der Waals surface area contributed by atoms with Gasteiger partial charge in [0.1, 0.15) is 0 Å². The molecule has 0 saturated carbocycles. The molecule has 0 bridgehead atoms. The third-order valence-corrected chi connectivity index (χ3v) is 2.55. The molecule has 1 aromatic carbocycles. The first-order valence-electron chi connectivity index (χ1n) is 3.85. The van der Waals surface area contributed by atoms with Gasteiger partial charge in [0.15, 0.2) is 0 Å². The van der Waals surface area contributed by atoms with Crippen LogP contribution in [-0.4, -0.2) is 0 Å². The van der Waals surface area contributed by atoms with Crippen LogP contribution in [0.2, 0.25) is 10.0 Å². The summed E-state index contributed by atoms with van der Waals surface area (Å²) in [6.07, 6.45) is 0.901. The topological polar surface area (TPSA) is 26.0 Å². The third kappa shape index (κ3) is 3.35. The van der Waals surface area contributed by atoms with Crippen molar-refractivity contribution in [2.75, 3.05) is 0 Å². The Morgan fingerprint density at radius 1 is 1.31 bits per heavy atom. The van der Waals surface area contributed by atoms with Gasteiger partial charge in [-0.2, -0.15) is 0 Å². The van der Waals surface area contributed by atoms with E-state index >= 15 is 0 Å². The highest BCUT2D eigenvalue weighted by Crippen LogP contribution is 2.25. The molecule has 0 aliphatic carbocycles. The first-order chi connectivity index (χ1) is 5.65. The molecule has 0 aromatic heterocycles. The lowest BCUT2D eigenvalue weighted by molar-refractivity contribution is 0.699. The van der Waals surface area contributed by atoms with Gasteiger partial charge in [0, 0.05) is 6.04 Å². The van der Waals surface area contributed by atoms with Crippen LogP contribution in [0.5, 0.6) is 0 Å². The minimum absolute atomic E-state index is 0. The molecular formula is C9H12Cl3N. The molecule has 0 aliphatic rings. The summed E-state index contributed by atoms with van der Waals surface area (Å²) in [6, 6.07) is 5.55. The maximum absolute atomic E-state index is 5.83. The molecule has 1 aromatic rings. The maximum atomic E-state index is 5.83. The quantitative estimate of drug-likeness (QED) is 0.835. The predicted octanol–water partition coefficient (Wildman–Crippen LogP) is 3.83. The second kappa shape index (κ2) is 5.71. The zero-order chi connectivity index (χ0) is 9.14. The molecular weight excluding hydrogens is 228 g/mol. The van der Waals surface area contributed by atoms with Crippen molar-refractivity contribution in [2.45, 2.75) is 19.4 Å². The van der Waals surface area contributed by atoms with Crippen LogP contribution >= 0.6 is 35.6 Å². The Balaban J connectivity index is 0.00000144. The molecule has 4 heteroatoms. The fraction of sp³-hybridized carbons (Fsp3) is 0.333. The van der Waals surface area contributed by atoms with Crippen molar-refractivity contribution in [3.8, 4) is 0 Å². The molecule has 0 aliphatic heterocycles. The summed E-state index contributed by atoms with van der Waals surface area (Å²) in [5.41, 5.74) is 6.85. The molecule has 1 atom stereocenters. The summed E-state index contributed by atoms with van der Waals surface area (Å²) >= 11 is 11.6. The molecule has 0 saturated heterocycles. The second-order valence-corrected chi connectivity index (χ2v) is 3.50. The Labute approximate surface area is 94.6 Å². The highest BCUT2D eigenvalue weighted by Gasteiger charge is 2.04.